The second-order valence-corrected chi connectivity index (χ2v) is 10.6. The molecule has 1 saturated carbocycles. The number of ether oxygens (including phenoxy) is 3. The molecular formula is C28H35N7O4. The van der Waals surface area contributed by atoms with Crippen LogP contribution in [-0.4, -0.2) is 74.7 Å². The Hall–Kier alpha value is -3.57. The molecule has 1 saturated heterocycles. The molecule has 2 fully saturated rings. The van der Waals surface area contributed by atoms with E-state index < -0.39 is 0 Å². The molecule has 3 aliphatic rings. The van der Waals surface area contributed by atoms with Crippen LogP contribution in [0, 0.1) is 0 Å². The number of nitrogens with one attached hydrogen (secondary N) is 1. The number of aromatic nitrogens is 5. The molecule has 11 nitrogen and oxygen atoms in total. The van der Waals surface area contributed by atoms with E-state index in [4.69, 9.17) is 24.2 Å². The zero-order valence-electron chi connectivity index (χ0n) is 22.3. The van der Waals surface area contributed by atoms with Gasteiger partial charge in [-0.2, -0.15) is 0 Å². The number of hydrogen-bond donors (Lipinski definition) is 1. The first-order valence-corrected chi connectivity index (χ1v) is 13.8. The number of amides is 1. The highest BCUT2D eigenvalue weighted by atomic mass is 16.5. The van der Waals surface area contributed by atoms with E-state index in [2.05, 4.69) is 20.5 Å². The molecule has 1 N–H and O–H groups in total. The van der Waals surface area contributed by atoms with Crippen LogP contribution >= 0.6 is 0 Å². The van der Waals surface area contributed by atoms with Gasteiger partial charge >= 0.3 is 0 Å². The van der Waals surface area contributed by atoms with Gasteiger partial charge in [0, 0.05) is 49.1 Å². The Morgan fingerprint density at radius 3 is 2.79 bits per heavy atom. The number of carbonyl (C=O) groups excluding carboxylic acids is 1. The van der Waals surface area contributed by atoms with Crippen LogP contribution in [0.5, 0.6) is 11.5 Å². The van der Waals surface area contributed by atoms with Crippen molar-refractivity contribution in [2.45, 2.75) is 69.9 Å². The monoisotopic (exact) mass is 533 g/mol. The lowest BCUT2D eigenvalue weighted by molar-refractivity contribution is 0.0293. The van der Waals surface area contributed by atoms with Gasteiger partial charge in [0.15, 0.2) is 11.5 Å². The van der Waals surface area contributed by atoms with Gasteiger partial charge in [0.2, 0.25) is 0 Å². The van der Waals surface area contributed by atoms with Crippen LogP contribution in [-0.2, 0) is 24.4 Å². The summed E-state index contributed by atoms with van der Waals surface area (Å²) in [7, 11) is 1.58. The fraction of sp³-hybridized carbons (Fsp3) is 0.536. The lowest BCUT2D eigenvalue weighted by Gasteiger charge is -2.20. The third-order valence-electron chi connectivity index (χ3n) is 7.80. The van der Waals surface area contributed by atoms with Crippen LogP contribution in [0.3, 0.4) is 0 Å². The Morgan fingerprint density at radius 1 is 1.13 bits per heavy atom. The molecule has 1 amide bonds. The number of nitrogens with zero attached hydrogens (tertiary/aromatic N) is 6. The maximum atomic E-state index is 13.3. The number of carbonyl (C=O) groups is 1. The summed E-state index contributed by atoms with van der Waals surface area (Å²) in [6, 6.07) is 5.01. The predicted molar refractivity (Wildman–Crippen MR) is 141 cm³/mol. The van der Waals surface area contributed by atoms with E-state index in [1.54, 1.807) is 30.0 Å². The molecule has 4 bridgehead atoms. The number of rotatable bonds is 4. The normalized spacial score (nSPS) is 22.7. The lowest BCUT2D eigenvalue weighted by Crippen LogP contribution is -2.44. The van der Waals surface area contributed by atoms with E-state index in [9.17, 15) is 4.79 Å². The van der Waals surface area contributed by atoms with Crippen LogP contribution in [0.4, 0.5) is 0 Å². The summed E-state index contributed by atoms with van der Waals surface area (Å²) in [5, 5.41) is 11.6. The summed E-state index contributed by atoms with van der Waals surface area (Å²) >= 11 is 0. The zero-order valence-corrected chi connectivity index (χ0v) is 22.3. The van der Waals surface area contributed by atoms with Crippen LogP contribution in [0.15, 0.2) is 36.8 Å². The molecule has 0 spiro atoms. The molecule has 0 radical (unpaired) electrons. The first kappa shape index (κ1) is 25.7. The fourth-order valence-electron chi connectivity index (χ4n) is 5.70. The van der Waals surface area contributed by atoms with E-state index >= 15 is 0 Å². The number of benzene rings is 1. The number of hydrogen-bond acceptors (Lipinski definition) is 9. The van der Waals surface area contributed by atoms with Crippen LogP contribution in [0.25, 0.3) is 0 Å². The van der Waals surface area contributed by atoms with Crippen molar-refractivity contribution in [1.29, 1.82) is 0 Å². The molecule has 2 aromatic heterocycles. The van der Waals surface area contributed by atoms with E-state index in [1.165, 1.54) is 32.1 Å². The Morgan fingerprint density at radius 2 is 1.97 bits per heavy atom. The maximum absolute atomic E-state index is 13.3. The van der Waals surface area contributed by atoms with Crippen molar-refractivity contribution in [3.63, 3.8) is 0 Å². The summed E-state index contributed by atoms with van der Waals surface area (Å²) in [5.74, 6) is 2.36. The van der Waals surface area contributed by atoms with Crippen molar-refractivity contribution in [1.82, 2.24) is 35.2 Å². The molecule has 4 heterocycles. The Labute approximate surface area is 227 Å². The summed E-state index contributed by atoms with van der Waals surface area (Å²) in [4.78, 5) is 25.0. The minimum Gasteiger partial charge on any atom is -0.493 e. The van der Waals surface area contributed by atoms with E-state index in [-0.39, 0.29) is 18.1 Å². The molecule has 2 atom stereocenters. The van der Waals surface area contributed by atoms with Crippen molar-refractivity contribution in [3.8, 4) is 11.5 Å². The SMILES string of the molecule is COc1ccc2cc1OCCn1cc(nn1)CO[C@H]1CN(Cc3cnc(C4CCCCC4)nc3)C[C@@H]1NC2=O. The standard InChI is InChI=1S/C28H35N7O4/c1-37-24-8-7-21-11-25(24)38-10-9-35-15-22(32-33-35)18-39-26-17-34(16-23(26)31-28(21)36)14-19-12-29-27(30-13-19)20-5-3-2-4-6-20/h7-8,11-13,15,20,23,26H,2-6,9-10,14,16-18H2,1H3,(H,31,36)/t23-,26-/m0/s1. The van der Waals surface area contributed by atoms with Crippen molar-refractivity contribution >= 4 is 5.91 Å². The smallest absolute Gasteiger partial charge is 0.251 e. The minimum absolute atomic E-state index is 0.179. The number of fused-ring (bicyclic) bond motifs is 5. The minimum atomic E-state index is -0.208. The second-order valence-electron chi connectivity index (χ2n) is 10.6. The summed E-state index contributed by atoms with van der Waals surface area (Å²) in [6.07, 6.45) is 11.8. The highest BCUT2D eigenvalue weighted by Crippen LogP contribution is 2.31. The summed E-state index contributed by atoms with van der Waals surface area (Å²) in [5.41, 5.74) is 2.30. The summed E-state index contributed by atoms with van der Waals surface area (Å²) < 4.78 is 19.4. The van der Waals surface area contributed by atoms with Gasteiger partial charge in [0.1, 0.15) is 18.1 Å². The van der Waals surface area contributed by atoms with Gasteiger partial charge in [-0.3, -0.25) is 9.69 Å². The van der Waals surface area contributed by atoms with Gasteiger partial charge in [-0.05, 0) is 31.0 Å². The molecular weight excluding hydrogens is 498 g/mol. The van der Waals surface area contributed by atoms with E-state index in [0.717, 1.165) is 17.1 Å². The number of likely N-dealkylation sites (tertiary alicyclic amines) is 1. The number of methoxy groups -OCH3 is 1. The van der Waals surface area contributed by atoms with Crippen molar-refractivity contribution in [2.24, 2.45) is 0 Å². The second kappa shape index (κ2) is 11.7. The highest BCUT2D eigenvalue weighted by molar-refractivity contribution is 5.95. The van der Waals surface area contributed by atoms with Gasteiger partial charge in [-0.15, -0.1) is 5.10 Å². The van der Waals surface area contributed by atoms with Gasteiger partial charge in [-0.1, -0.05) is 24.5 Å². The lowest BCUT2D eigenvalue weighted by atomic mass is 9.89. The van der Waals surface area contributed by atoms with Gasteiger partial charge in [0.25, 0.3) is 5.91 Å². The molecule has 39 heavy (non-hydrogen) atoms. The van der Waals surface area contributed by atoms with Crippen LogP contribution in [0.2, 0.25) is 0 Å². The molecule has 0 unspecified atom stereocenters. The first-order chi connectivity index (χ1) is 19.1. The van der Waals surface area contributed by atoms with Crippen molar-refractivity contribution < 1.29 is 19.0 Å². The van der Waals surface area contributed by atoms with Gasteiger partial charge in [0.05, 0.1) is 38.6 Å². The van der Waals surface area contributed by atoms with Crippen molar-refractivity contribution in [3.05, 3.63) is 59.4 Å². The zero-order chi connectivity index (χ0) is 26.6. The van der Waals surface area contributed by atoms with Crippen LogP contribution < -0.4 is 14.8 Å². The van der Waals surface area contributed by atoms with E-state index in [0.29, 0.717) is 62.4 Å². The molecule has 1 aromatic carbocycles. The quantitative estimate of drug-likeness (QED) is 0.540. The summed E-state index contributed by atoms with van der Waals surface area (Å²) in [6.45, 7) is 3.18. The molecule has 2 aliphatic heterocycles. The molecule has 11 heteroatoms. The third kappa shape index (κ3) is 6.04. The fourth-order valence-corrected chi connectivity index (χ4v) is 5.70. The molecule has 6 rings (SSSR count). The van der Waals surface area contributed by atoms with Gasteiger partial charge in [-0.25, -0.2) is 14.6 Å². The third-order valence-corrected chi connectivity index (χ3v) is 7.80. The average Bonchev–Trinajstić information content (AvgIpc) is 3.58. The molecule has 1 aliphatic carbocycles. The van der Waals surface area contributed by atoms with Crippen molar-refractivity contribution in [2.75, 3.05) is 26.8 Å². The predicted octanol–water partition coefficient (Wildman–Crippen LogP) is 2.72. The Bertz CT molecular complexity index is 1280. The Balaban J connectivity index is 1.18. The Kier molecular flexibility index (Phi) is 7.69. The molecule has 3 aromatic rings. The first-order valence-electron chi connectivity index (χ1n) is 13.8. The average molecular weight is 534 g/mol. The topological polar surface area (TPSA) is 117 Å². The van der Waals surface area contributed by atoms with Gasteiger partial charge < -0.3 is 19.5 Å². The van der Waals surface area contributed by atoms with Crippen LogP contribution in [0.1, 0.15) is 65.5 Å². The largest absolute Gasteiger partial charge is 0.493 e. The molecule has 206 valence electrons. The highest BCUT2D eigenvalue weighted by Gasteiger charge is 2.35. The van der Waals surface area contributed by atoms with E-state index in [1.807, 2.05) is 18.6 Å². The maximum Gasteiger partial charge on any atom is 0.251 e.